The van der Waals surface area contributed by atoms with Gasteiger partial charge >= 0.3 is 0 Å². The van der Waals surface area contributed by atoms with Crippen LogP contribution in [-0.4, -0.2) is 35.2 Å². The maximum Gasteiger partial charge on any atom is 0.216 e. The molecule has 0 saturated carbocycles. The van der Waals surface area contributed by atoms with Crippen molar-refractivity contribution in [1.29, 1.82) is 0 Å². The van der Waals surface area contributed by atoms with Crippen LogP contribution in [0.2, 0.25) is 10.0 Å². The third kappa shape index (κ3) is 3.92. The summed E-state index contributed by atoms with van der Waals surface area (Å²) in [6.45, 7) is 0. The molecule has 25 heavy (non-hydrogen) atoms. The zero-order valence-corrected chi connectivity index (χ0v) is 15.9. The number of nitrogens with one attached hydrogen (secondary N) is 1. The van der Waals surface area contributed by atoms with Crippen molar-refractivity contribution in [2.45, 2.75) is 0 Å². The molecule has 0 aliphatic carbocycles. The van der Waals surface area contributed by atoms with Crippen LogP contribution in [-0.2, 0) is 0 Å². The largest absolute Gasteiger partial charge is 0.378 e. The summed E-state index contributed by atoms with van der Waals surface area (Å²) in [5.41, 5.74) is 2.76. The molecule has 0 atom stereocenters. The Balaban J connectivity index is 1.95. The Morgan fingerprint density at radius 2 is 1.88 bits per heavy atom. The zero-order valence-electron chi connectivity index (χ0n) is 13.6. The first-order chi connectivity index (χ1) is 12.0. The highest BCUT2D eigenvalue weighted by atomic mass is 35.5. The van der Waals surface area contributed by atoms with Crippen molar-refractivity contribution in [3.05, 3.63) is 62.8 Å². The van der Waals surface area contributed by atoms with Crippen LogP contribution in [0.15, 0.2) is 47.6 Å². The minimum Gasteiger partial charge on any atom is -0.378 e. The Kier molecular flexibility index (Phi) is 5.22. The van der Waals surface area contributed by atoms with Gasteiger partial charge in [-0.15, -0.1) is 0 Å². The van der Waals surface area contributed by atoms with Gasteiger partial charge in [0.05, 0.1) is 11.2 Å². The van der Waals surface area contributed by atoms with Gasteiger partial charge in [-0.25, -0.2) is 5.10 Å². The molecule has 0 unspecified atom stereocenters. The fraction of sp³-hybridized carbons (Fsp3) is 0.118. The van der Waals surface area contributed by atoms with E-state index in [4.69, 9.17) is 35.4 Å². The highest BCUT2D eigenvalue weighted by Crippen LogP contribution is 2.29. The lowest BCUT2D eigenvalue weighted by Crippen LogP contribution is -2.08. The number of hydrogen-bond donors (Lipinski definition) is 1. The second-order valence-electron chi connectivity index (χ2n) is 5.52. The van der Waals surface area contributed by atoms with Crippen molar-refractivity contribution in [3.8, 4) is 11.4 Å². The number of benzene rings is 2. The number of H-pyrrole nitrogens is 1. The van der Waals surface area contributed by atoms with Gasteiger partial charge in [-0.05, 0) is 48.1 Å². The molecule has 1 heterocycles. The average molecular weight is 392 g/mol. The van der Waals surface area contributed by atoms with E-state index in [0.29, 0.717) is 26.2 Å². The van der Waals surface area contributed by atoms with Gasteiger partial charge in [0.25, 0.3) is 0 Å². The van der Waals surface area contributed by atoms with Crippen LogP contribution in [0.1, 0.15) is 5.56 Å². The Bertz CT molecular complexity index is 973. The molecule has 2 aromatic carbocycles. The molecule has 0 spiro atoms. The van der Waals surface area contributed by atoms with E-state index >= 15 is 0 Å². The van der Waals surface area contributed by atoms with Crippen molar-refractivity contribution in [1.82, 2.24) is 14.9 Å². The summed E-state index contributed by atoms with van der Waals surface area (Å²) in [4.78, 5) is 2.04. The number of rotatable bonds is 4. The summed E-state index contributed by atoms with van der Waals surface area (Å²) in [5, 5.41) is 12.4. The molecule has 0 saturated heterocycles. The van der Waals surface area contributed by atoms with Gasteiger partial charge in [-0.3, -0.25) is 0 Å². The standard InChI is InChI=1S/C17H15Cl2N5S/c1-23(2)13-6-3-11(4-7-13)10-20-24-16(21-22-17(24)25)14-8-5-12(18)9-15(14)19/h3-10H,1-2H3,(H,22,25)/b20-10+. The molecule has 0 aliphatic rings. The monoisotopic (exact) mass is 391 g/mol. The Hall–Kier alpha value is -2.15. The molecular formula is C17H15Cl2N5S. The summed E-state index contributed by atoms with van der Waals surface area (Å²) >= 11 is 17.5. The minimum absolute atomic E-state index is 0.377. The summed E-state index contributed by atoms with van der Waals surface area (Å²) < 4.78 is 1.91. The van der Waals surface area contributed by atoms with Crippen LogP contribution < -0.4 is 4.90 Å². The van der Waals surface area contributed by atoms with Crippen molar-refractivity contribution in [2.75, 3.05) is 19.0 Å². The normalized spacial score (nSPS) is 11.2. The van der Waals surface area contributed by atoms with Crippen molar-refractivity contribution in [2.24, 2.45) is 5.10 Å². The molecule has 0 aliphatic heterocycles. The molecule has 0 fully saturated rings. The first kappa shape index (κ1) is 17.7. The maximum absolute atomic E-state index is 6.27. The second kappa shape index (κ2) is 7.39. The number of nitrogens with zero attached hydrogens (tertiary/aromatic N) is 4. The molecule has 0 radical (unpaired) electrons. The van der Waals surface area contributed by atoms with E-state index in [1.54, 1.807) is 24.4 Å². The molecule has 0 amide bonds. The third-order valence-corrected chi connectivity index (χ3v) is 4.37. The Morgan fingerprint density at radius 1 is 1.16 bits per heavy atom. The fourth-order valence-corrected chi connectivity index (χ4v) is 2.90. The van der Waals surface area contributed by atoms with Crippen LogP contribution in [0.5, 0.6) is 0 Å². The molecule has 0 bridgehead atoms. The lowest BCUT2D eigenvalue weighted by atomic mass is 10.2. The Morgan fingerprint density at radius 3 is 2.52 bits per heavy atom. The number of aromatic amines is 1. The fourth-order valence-electron chi connectivity index (χ4n) is 2.23. The second-order valence-corrected chi connectivity index (χ2v) is 6.75. The Labute approximate surface area is 160 Å². The summed E-state index contributed by atoms with van der Waals surface area (Å²) in [7, 11) is 3.99. The predicted octanol–water partition coefficient (Wildman–Crippen LogP) is 4.86. The van der Waals surface area contributed by atoms with Crippen LogP contribution >= 0.6 is 35.4 Å². The number of halogens is 2. The van der Waals surface area contributed by atoms with Gasteiger partial charge in [0.1, 0.15) is 0 Å². The molecular weight excluding hydrogens is 377 g/mol. The number of anilines is 1. The molecule has 3 rings (SSSR count). The third-order valence-electron chi connectivity index (χ3n) is 3.55. The average Bonchev–Trinajstić information content (AvgIpc) is 2.94. The summed E-state index contributed by atoms with van der Waals surface area (Å²) in [6, 6.07) is 13.2. The van der Waals surface area contributed by atoms with E-state index < -0.39 is 0 Å². The lowest BCUT2D eigenvalue weighted by molar-refractivity contribution is 0.871. The SMILES string of the molecule is CN(C)c1ccc(/C=N/n2c(-c3ccc(Cl)cc3Cl)n[nH]c2=S)cc1. The molecule has 1 aromatic heterocycles. The predicted molar refractivity (Wildman–Crippen MR) is 107 cm³/mol. The van der Waals surface area contributed by atoms with Gasteiger partial charge in [0.2, 0.25) is 4.77 Å². The molecule has 1 N–H and O–H groups in total. The topological polar surface area (TPSA) is 49.2 Å². The molecule has 3 aromatic rings. The summed E-state index contributed by atoms with van der Waals surface area (Å²) in [5.74, 6) is 0.521. The van der Waals surface area contributed by atoms with E-state index in [2.05, 4.69) is 15.3 Å². The van der Waals surface area contributed by atoms with Gasteiger partial charge in [-0.1, -0.05) is 35.3 Å². The maximum atomic E-state index is 6.27. The summed E-state index contributed by atoms with van der Waals surface area (Å²) in [6.07, 6.45) is 1.72. The van der Waals surface area contributed by atoms with Crippen LogP contribution in [0.3, 0.4) is 0 Å². The van der Waals surface area contributed by atoms with Crippen molar-refractivity contribution < 1.29 is 0 Å². The highest BCUT2D eigenvalue weighted by molar-refractivity contribution is 7.71. The van der Waals surface area contributed by atoms with Crippen LogP contribution in [0, 0.1) is 4.77 Å². The molecule has 128 valence electrons. The van der Waals surface area contributed by atoms with Gasteiger partial charge in [0.15, 0.2) is 5.82 Å². The minimum atomic E-state index is 0.377. The van der Waals surface area contributed by atoms with E-state index in [1.165, 1.54) is 4.68 Å². The molecule has 8 heteroatoms. The molecule has 5 nitrogen and oxygen atoms in total. The van der Waals surface area contributed by atoms with Crippen molar-refractivity contribution >= 4 is 47.3 Å². The van der Waals surface area contributed by atoms with Gasteiger partial charge in [-0.2, -0.15) is 14.9 Å². The highest BCUT2D eigenvalue weighted by Gasteiger charge is 2.12. The smallest absolute Gasteiger partial charge is 0.216 e. The first-order valence-corrected chi connectivity index (χ1v) is 8.57. The van der Waals surface area contributed by atoms with Crippen LogP contribution in [0.25, 0.3) is 11.4 Å². The quantitative estimate of drug-likeness (QED) is 0.510. The lowest BCUT2D eigenvalue weighted by Gasteiger charge is -2.11. The first-order valence-electron chi connectivity index (χ1n) is 7.40. The van der Waals surface area contributed by atoms with Crippen molar-refractivity contribution in [3.63, 3.8) is 0 Å². The number of hydrogen-bond acceptors (Lipinski definition) is 4. The van der Waals surface area contributed by atoms with E-state index in [-0.39, 0.29) is 0 Å². The number of aromatic nitrogens is 3. The van der Waals surface area contributed by atoms with Crippen LogP contribution in [0.4, 0.5) is 5.69 Å². The van der Waals surface area contributed by atoms with E-state index in [9.17, 15) is 0 Å². The van der Waals surface area contributed by atoms with Gasteiger partial charge < -0.3 is 4.90 Å². The zero-order chi connectivity index (χ0) is 18.0. The van der Waals surface area contributed by atoms with E-state index in [0.717, 1.165) is 11.3 Å². The van der Waals surface area contributed by atoms with E-state index in [1.807, 2.05) is 43.3 Å². The van der Waals surface area contributed by atoms with Gasteiger partial charge in [0, 0.05) is 30.4 Å².